The lowest BCUT2D eigenvalue weighted by molar-refractivity contribution is -0.122. The van der Waals surface area contributed by atoms with Gasteiger partial charge in [-0.2, -0.15) is 0 Å². The van der Waals surface area contributed by atoms with Crippen molar-refractivity contribution in [2.24, 2.45) is 0 Å². The van der Waals surface area contributed by atoms with Gasteiger partial charge < -0.3 is 5.32 Å². The van der Waals surface area contributed by atoms with Crippen molar-refractivity contribution in [1.29, 1.82) is 0 Å². The number of nitrogens with zero attached hydrogens (tertiary/aromatic N) is 3. The van der Waals surface area contributed by atoms with Crippen molar-refractivity contribution in [3.05, 3.63) is 58.8 Å². The Kier molecular flexibility index (Phi) is 6.48. The number of nitrogens with one attached hydrogen (secondary N) is 1. The Morgan fingerprint density at radius 2 is 1.75 bits per heavy atom. The van der Waals surface area contributed by atoms with E-state index in [1.165, 1.54) is 40.5 Å². The van der Waals surface area contributed by atoms with Gasteiger partial charge in [0.25, 0.3) is 0 Å². The lowest BCUT2D eigenvalue weighted by Gasteiger charge is -2.12. The molecule has 28 heavy (non-hydrogen) atoms. The molecule has 0 unspecified atom stereocenters. The molecule has 3 rings (SSSR count). The zero-order valence-corrected chi connectivity index (χ0v) is 17.3. The monoisotopic (exact) mass is 462 g/mol. The fourth-order valence-electron chi connectivity index (χ4n) is 2.31. The third kappa shape index (κ3) is 5.20. The average Bonchev–Trinajstić information content (AvgIpc) is 3.18. The van der Waals surface area contributed by atoms with E-state index in [0.717, 1.165) is 10.0 Å². The maximum Gasteiger partial charge on any atom is 0.229 e. The quantitative estimate of drug-likeness (QED) is 0.585. The molecule has 1 heterocycles. The smallest absolute Gasteiger partial charge is 0.229 e. The van der Waals surface area contributed by atoms with Crippen LogP contribution in [0.15, 0.2) is 53.0 Å². The van der Waals surface area contributed by atoms with Gasteiger partial charge in [-0.05, 0) is 36.4 Å². The average molecular weight is 463 g/mol. The summed E-state index contributed by atoms with van der Waals surface area (Å²) in [6.07, 6.45) is 0.0373. The van der Waals surface area contributed by atoms with E-state index in [9.17, 15) is 14.0 Å². The first kappa shape index (κ1) is 20.1. The molecule has 1 aromatic heterocycles. The van der Waals surface area contributed by atoms with Crippen LogP contribution < -0.4 is 10.2 Å². The predicted octanol–water partition coefficient (Wildman–Crippen LogP) is 4.49. The number of amides is 2. The maximum atomic E-state index is 12.9. The third-order valence-electron chi connectivity index (χ3n) is 3.86. The number of aromatic nitrogens is 2. The fraction of sp³-hybridized carbons (Fsp3) is 0.158. The summed E-state index contributed by atoms with van der Waals surface area (Å²) in [5.74, 6) is -0.941. The van der Waals surface area contributed by atoms with Gasteiger partial charge in [0.05, 0.1) is 0 Å². The summed E-state index contributed by atoms with van der Waals surface area (Å²) in [6, 6.07) is 13.1. The Hall–Kier alpha value is -2.65. The zero-order chi connectivity index (χ0) is 20.1. The first-order chi connectivity index (χ1) is 13.4. The topological polar surface area (TPSA) is 75.2 Å². The largest absolute Gasteiger partial charge is 0.326 e. The molecule has 0 fully saturated rings. The Balaban J connectivity index is 1.55. The van der Waals surface area contributed by atoms with Gasteiger partial charge in [0.2, 0.25) is 16.9 Å². The molecule has 0 bridgehead atoms. The van der Waals surface area contributed by atoms with Crippen LogP contribution in [-0.4, -0.2) is 29.1 Å². The molecule has 9 heteroatoms. The molecule has 0 spiro atoms. The number of hydrogen-bond acceptors (Lipinski definition) is 5. The second-order valence-electron chi connectivity index (χ2n) is 5.90. The van der Waals surface area contributed by atoms with Crippen molar-refractivity contribution in [3.63, 3.8) is 0 Å². The minimum Gasteiger partial charge on any atom is -0.326 e. The van der Waals surface area contributed by atoms with Gasteiger partial charge >= 0.3 is 0 Å². The van der Waals surface area contributed by atoms with Gasteiger partial charge in [-0.3, -0.25) is 14.5 Å². The molecule has 1 N–H and O–H groups in total. The van der Waals surface area contributed by atoms with Gasteiger partial charge in [-0.15, -0.1) is 10.2 Å². The van der Waals surface area contributed by atoms with Crippen LogP contribution in [0.5, 0.6) is 0 Å². The number of rotatable bonds is 6. The van der Waals surface area contributed by atoms with Crippen LogP contribution in [0.25, 0.3) is 10.6 Å². The van der Waals surface area contributed by atoms with Crippen molar-refractivity contribution in [2.45, 2.75) is 12.8 Å². The van der Waals surface area contributed by atoms with Gasteiger partial charge in [0, 0.05) is 35.6 Å². The molecule has 0 aliphatic rings. The molecule has 0 aliphatic carbocycles. The summed E-state index contributed by atoms with van der Waals surface area (Å²) >= 11 is 4.68. The number of carbonyl (C=O) groups excluding carboxylic acids is 2. The van der Waals surface area contributed by atoms with Gasteiger partial charge in [-0.1, -0.05) is 39.4 Å². The second-order valence-corrected chi connectivity index (χ2v) is 7.78. The van der Waals surface area contributed by atoms with E-state index >= 15 is 0 Å². The number of benzene rings is 2. The van der Waals surface area contributed by atoms with Crippen LogP contribution in [0.2, 0.25) is 0 Å². The summed E-state index contributed by atoms with van der Waals surface area (Å²) in [7, 11) is 1.60. The number of anilines is 2. The molecule has 0 saturated carbocycles. The first-order valence-electron chi connectivity index (χ1n) is 8.34. The molecule has 2 amide bonds. The lowest BCUT2D eigenvalue weighted by atomic mass is 10.2. The zero-order valence-electron chi connectivity index (χ0n) is 14.9. The third-order valence-corrected chi connectivity index (χ3v) is 5.44. The maximum absolute atomic E-state index is 12.9. The summed E-state index contributed by atoms with van der Waals surface area (Å²) in [6.45, 7) is 0. The van der Waals surface area contributed by atoms with Crippen LogP contribution in [0, 0.1) is 5.82 Å². The lowest BCUT2D eigenvalue weighted by Crippen LogP contribution is -2.27. The van der Waals surface area contributed by atoms with Crippen molar-refractivity contribution in [2.75, 3.05) is 17.3 Å². The molecular weight excluding hydrogens is 447 g/mol. The normalized spacial score (nSPS) is 10.5. The number of carbonyl (C=O) groups is 2. The highest BCUT2D eigenvalue weighted by Gasteiger charge is 2.17. The van der Waals surface area contributed by atoms with E-state index < -0.39 is 0 Å². The van der Waals surface area contributed by atoms with E-state index in [-0.39, 0.29) is 30.5 Å². The van der Waals surface area contributed by atoms with E-state index in [0.29, 0.717) is 15.8 Å². The molecule has 3 aromatic rings. The van der Waals surface area contributed by atoms with Crippen molar-refractivity contribution in [3.8, 4) is 10.6 Å². The van der Waals surface area contributed by atoms with Crippen molar-refractivity contribution >= 4 is 49.9 Å². The molecule has 0 radical (unpaired) electrons. The van der Waals surface area contributed by atoms with E-state index in [1.54, 1.807) is 7.05 Å². The van der Waals surface area contributed by atoms with Gasteiger partial charge in [-0.25, -0.2) is 4.39 Å². The molecule has 0 atom stereocenters. The number of halogens is 2. The molecule has 0 aliphatic heterocycles. The van der Waals surface area contributed by atoms with Crippen LogP contribution in [0.4, 0.5) is 15.2 Å². The Labute approximate surface area is 173 Å². The summed E-state index contributed by atoms with van der Waals surface area (Å²) in [4.78, 5) is 25.7. The molecule has 0 saturated heterocycles. The first-order valence-corrected chi connectivity index (χ1v) is 9.95. The molecule has 2 aromatic carbocycles. The van der Waals surface area contributed by atoms with Crippen LogP contribution in [-0.2, 0) is 9.59 Å². The van der Waals surface area contributed by atoms with E-state index in [4.69, 9.17) is 0 Å². The highest BCUT2D eigenvalue weighted by atomic mass is 79.9. The summed E-state index contributed by atoms with van der Waals surface area (Å²) in [5.41, 5.74) is 1.39. The van der Waals surface area contributed by atoms with Gasteiger partial charge in [0.15, 0.2) is 0 Å². The Morgan fingerprint density at radius 3 is 2.43 bits per heavy atom. The Bertz CT molecular complexity index is 976. The second kappa shape index (κ2) is 9.03. The molecule has 144 valence electrons. The van der Waals surface area contributed by atoms with Gasteiger partial charge in [0.1, 0.15) is 10.8 Å². The van der Waals surface area contributed by atoms with E-state index in [1.807, 2.05) is 24.3 Å². The van der Waals surface area contributed by atoms with Crippen LogP contribution in [0.1, 0.15) is 12.8 Å². The summed E-state index contributed by atoms with van der Waals surface area (Å²) < 4.78 is 13.8. The minimum absolute atomic E-state index is 0.0128. The fourth-order valence-corrected chi connectivity index (χ4v) is 3.40. The summed E-state index contributed by atoms with van der Waals surface area (Å²) in [5, 5.41) is 12.0. The van der Waals surface area contributed by atoms with E-state index in [2.05, 4.69) is 31.4 Å². The van der Waals surface area contributed by atoms with Crippen molar-refractivity contribution in [1.82, 2.24) is 10.2 Å². The standard InChI is InChI=1S/C19H16BrFN4O2S/c1-25(19-24-23-18(28-19)12-2-4-13(20)5-3-12)17(27)11-10-16(26)22-15-8-6-14(21)7-9-15/h2-9H,10-11H2,1H3,(H,22,26). The SMILES string of the molecule is CN(C(=O)CCC(=O)Nc1ccc(F)cc1)c1nnc(-c2ccc(Br)cc2)s1. The van der Waals surface area contributed by atoms with Crippen LogP contribution >= 0.6 is 27.3 Å². The number of hydrogen-bond donors (Lipinski definition) is 1. The van der Waals surface area contributed by atoms with Crippen LogP contribution in [0.3, 0.4) is 0 Å². The minimum atomic E-state index is -0.380. The molecule has 6 nitrogen and oxygen atoms in total. The predicted molar refractivity (Wildman–Crippen MR) is 111 cm³/mol. The Morgan fingerprint density at radius 1 is 1.07 bits per heavy atom. The molecular formula is C19H16BrFN4O2S. The highest BCUT2D eigenvalue weighted by Crippen LogP contribution is 2.29. The highest BCUT2D eigenvalue weighted by molar-refractivity contribution is 9.10. The van der Waals surface area contributed by atoms with Crippen molar-refractivity contribution < 1.29 is 14.0 Å².